The van der Waals surface area contributed by atoms with Gasteiger partial charge < -0.3 is 4.74 Å². The lowest BCUT2D eigenvalue weighted by Gasteiger charge is -2.42. The average Bonchev–Trinajstić information content (AvgIpc) is 3.36. The zero-order valence-electron chi connectivity index (χ0n) is 33.5. The zero-order valence-corrected chi connectivity index (χ0v) is 33.5. The summed E-state index contributed by atoms with van der Waals surface area (Å²) in [6.07, 6.45) is 0. The van der Waals surface area contributed by atoms with Gasteiger partial charge in [-0.15, -0.1) is 0 Å². The topological polar surface area (TPSA) is 71.7 Å². The van der Waals surface area contributed by atoms with Crippen molar-refractivity contribution in [1.29, 1.82) is 5.26 Å². The average molecular weight is 793 g/mol. The van der Waals surface area contributed by atoms with Gasteiger partial charge in [-0.1, -0.05) is 176 Å². The second-order valence-corrected chi connectivity index (χ2v) is 15.5. The first-order valence-corrected chi connectivity index (χ1v) is 20.6. The fraction of sp³-hybridized carbons (Fsp3) is 0.0175. The molecular weight excluding hydrogens is 757 g/mol. The summed E-state index contributed by atoms with van der Waals surface area (Å²) in [6.45, 7) is 0. The van der Waals surface area contributed by atoms with Crippen molar-refractivity contribution in [2.75, 3.05) is 0 Å². The molecule has 1 aliphatic rings. The number of aromatic nitrogens is 3. The third kappa shape index (κ3) is 6.30. The van der Waals surface area contributed by atoms with Crippen LogP contribution in [-0.4, -0.2) is 15.0 Å². The molecule has 11 rings (SSSR count). The van der Waals surface area contributed by atoms with Crippen molar-refractivity contribution in [3.8, 4) is 74.0 Å². The van der Waals surface area contributed by atoms with Gasteiger partial charge in [0.05, 0.1) is 17.0 Å². The third-order valence-electron chi connectivity index (χ3n) is 11.9. The lowest BCUT2D eigenvalue weighted by atomic mass is 9.63. The molecule has 0 fully saturated rings. The van der Waals surface area contributed by atoms with E-state index in [0.29, 0.717) is 23.0 Å². The standard InChI is InChI=1S/C57H36N4O/c58-37-38-26-28-41(29-27-38)55-59-54(40-15-4-1-5-16-40)60-56(61-55)46-20-13-19-44(35-46)42-17-12-18-43(34-42)45-31-32-50-52(36-45)62-53-49-25-11-10-14-39(49)30-33-51(53)57(50,47-21-6-2-7-22-47)48-23-8-3-9-24-48/h1-36H. The van der Waals surface area contributed by atoms with Crippen LogP contribution in [0.1, 0.15) is 27.8 Å². The number of rotatable bonds is 7. The van der Waals surface area contributed by atoms with Crippen LogP contribution in [-0.2, 0) is 5.41 Å². The lowest BCUT2D eigenvalue weighted by molar-refractivity contribution is 0.440. The number of nitriles is 1. The molecule has 9 aromatic carbocycles. The molecule has 0 aliphatic carbocycles. The fourth-order valence-corrected chi connectivity index (χ4v) is 8.92. The van der Waals surface area contributed by atoms with Crippen LogP contribution in [0.25, 0.3) is 67.2 Å². The van der Waals surface area contributed by atoms with Crippen molar-refractivity contribution in [2.24, 2.45) is 0 Å². The number of ether oxygens (including phenoxy) is 1. The van der Waals surface area contributed by atoms with Gasteiger partial charge in [-0.25, -0.2) is 15.0 Å². The highest BCUT2D eigenvalue weighted by Crippen LogP contribution is 2.57. The Labute approximate surface area is 359 Å². The molecule has 62 heavy (non-hydrogen) atoms. The van der Waals surface area contributed by atoms with Gasteiger partial charge in [-0.05, 0) is 81.2 Å². The summed E-state index contributed by atoms with van der Waals surface area (Å²) in [7, 11) is 0. The van der Waals surface area contributed by atoms with Crippen molar-refractivity contribution in [1.82, 2.24) is 15.0 Å². The zero-order chi connectivity index (χ0) is 41.5. The van der Waals surface area contributed by atoms with E-state index in [9.17, 15) is 5.26 Å². The van der Waals surface area contributed by atoms with Crippen molar-refractivity contribution in [3.05, 3.63) is 246 Å². The second-order valence-electron chi connectivity index (χ2n) is 15.5. The van der Waals surface area contributed by atoms with Gasteiger partial charge in [-0.2, -0.15) is 5.26 Å². The van der Waals surface area contributed by atoms with Gasteiger partial charge in [0.1, 0.15) is 11.5 Å². The van der Waals surface area contributed by atoms with Gasteiger partial charge >= 0.3 is 0 Å². The monoisotopic (exact) mass is 792 g/mol. The number of fused-ring (bicyclic) bond motifs is 4. The molecule has 1 aromatic heterocycles. The Morgan fingerprint density at radius 1 is 0.387 bits per heavy atom. The number of benzene rings is 9. The highest BCUT2D eigenvalue weighted by Gasteiger charge is 2.45. The second kappa shape index (κ2) is 15.3. The summed E-state index contributed by atoms with van der Waals surface area (Å²) in [4.78, 5) is 14.8. The summed E-state index contributed by atoms with van der Waals surface area (Å²) in [5.74, 6) is 3.39. The van der Waals surface area contributed by atoms with Crippen molar-refractivity contribution >= 4 is 10.8 Å². The number of nitrogens with zero attached hydrogens (tertiary/aromatic N) is 4. The SMILES string of the molecule is N#Cc1ccc(-c2nc(-c3ccccc3)nc(-c3cccc(-c4cccc(-c5ccc6c(c5)Oc5c(ccc7ccccc57)C6(c5ccccc5)c5ccccc5)c4)c3)n2)cc1. The Bertz CT molecular complexity index is 3280. The minimum Gasteiger partial charge on any atom is -0.456 e. The van der Waals surface area contributed by atoms with E-state index in [2.05, 4.69) is 158 Å². The Balaban J connectivity index is 1.02. The molecule has 0 atom stereocenters. The molecule has 2 heterocycles. The predicted molar refractivity (Wildman–Crippen MR) is 248 cm³/mol. The summed E-state index contributed by atoms with van der Waals surface area (Å²) < 4.78 is 7.09. The van der Waals surface area contributed by atoms with E-state index in [4.69, 9.17) is 19.7 Å². The Kier molecular flexibility index (Phi) is 9.03. The van der Waals surface area contributed by atoms with Crippen LogP contribution in [0.15, 0.2) is 218 Å². The van der Waals surface area contributed by atoms with E-state index >= 15 is 0 Å². The summed E-state index contributed by atoms with van der Waals surface area (Å²) in [5, 5.41) is 11.6. The van der Waals surface area contributed by atoms with E-state index in [0.717, 1.165) is 72.3 Å². The molecule has 0 N–H and O–H groups in total. The summed E-state index contributed by atoms with van der Waals surface area (Å²) in [6, 6.07) is 77.7. The van der Waals surface area contributed by atoms with E-state index in [1.807, 2.05) is 54.6 Å². The lowest BCUT2D eigenvalue weighted by Crippen LogP contribution is -2.34. The van der Waals surface area contributed by atoms with Crippen molar-refractivity contribution in [2.45, 2.75) is 5.41 Å². The minimum atomic E-state index is -0.619. The smallest absolute Gasteiger partial charge is 0.164 e. The molecule has 1 aliphatic heterocycles. The molecule has 0 unspecified atom stereocenters. The molecular formula is C57H36N4O. The summed E-state index contributed by atoms with van der Waals surface area (Å²) in [5.41, 5.74) is 11.3. The number of hydrogen-bond donors (Lipinski definition) is 0. The van der Waals surface area contributed by atoms with Gasteiger partial charge in [0.15, 0.2) is 17.5 Å². The molecule has 0 saturated carbocycles. The van der Waals surface area contributed by atoms with Crippen molar-refractivity contribution in [3.63, 3.8) is 0 Å². The maximum atomic E-state index is 9.40. The Hall–Kier alpha value is -8.46. The molecule has 0 bridgehead atoms. The first-order chi connectivity index (χ1) is 30.7. The maximum Gasteiger partial charge on any atom is 0.164 e. The van der Waals surface area contributed by atoms with Gasteiger partial charge in [0.25, 0.3) is 0 Å². The molecule has 0 radical (unpaired) electrons. The molecule has 290 valence electrons. The highest BCUT2D eigenvalue weighted by atomic mass is 16.5. The quantitative estimate of drug-likeness (QED) is 0.161. The van der Waals surface area contributed by atoms with Gasteiger partial charge in [-0.3, -0.25) is 0 Å². The molecule has 0 amide bonds. The fourth-order valence-electron chi connectivity index (χ4n) is 8.92. The van der Waals surface area contributed by atoms with Crippen LogP contribution in [0.3, 0.4) is 0 Å². The van der Waals surface area contributed by atoms with Crippen molar-refractivity contribution < 1.29 is 4.74 Å². The predicted octanol–water partition coefficient (Wildman–Crippen LogP) is 13.7. The first-order valence-electron chi connectivity index (χ1n) is 20.6. The van der Waals surface area contributed by atoms with E-state index < -0.39 is 5.41 Å². The summed E-state index contributed by atoms with van der Waals surface area (Å²) >= 11 is 0. The normalized spacial score (nSPS) is 12.4. The van der Waals surface area contributed by atoms with Crippen LogP contribution in [0, 0.1) is 11.3 Å². The van der Waals surface area contributed by atoms with Crippen LogP contribution < -0.4 is 4.74 Å². The Morgan fingerprint density at radius 2 is 0.855 bits per heavy atom. The largest absolute Gasteiger partial charge is 0.456 e. The van der Waals surface area contributed by atoms with Gasteiger partial charge in [0, 0.05) is 33.2 Å². The molecule has 5 nitrogen and oxygen atoms in total. The highest BCUT2D eigenvalue weighted by molar-refractivity contribution is 5.93. The molecule has 0 spiro atoms. The van der Waals surface area contributed by atoms with Crippen LogP contribution in [0.5, 0.6) is 11.5 Å². The van der Waals surface area contributed by atoms with Crippen LogP contribution in [0.2, 0.25) is 0 Å². The molecule has 10 aromatic rings. The van der Waals surface area contributed by atoms with Gasteiger partial charge in [0.2, 0.25) is 0 Å². The first kappa shape index (κ1) is 36.6. The number of hydrogen-bond acceptors (Lipinski definition) is 5. The molecule has 0 saturated heterocycles. The minimum absolute atomic E-state index is 0.541. The van der Waals surface area contributed by atoms with E-state index in [1.54, 1.807) is 12.1 Å². The third-order valence-corrected chi connectivity index (χ3v) is 11.9. The van der Waals surface area contributed by atoms with Crippen LogP contribution >= 0.6 is 0 Å². The maximum absolute atomic E-state index is 9.40. The molecule has 5 heteroatoms. The van der Waals surface area contributed by atoms with Crippen LogP contribution in [0.4, 0.5) is 0 Å². The van der Waals surface area contributed by atoms with E-state index in [-0.39, 0.29) is 0 Å². The van der Waals surface area contributed by atoms with E-state index in [1.165, 1.54) is 11.1 Å². The Morgan fingerprint density at radius 3 is 1.48 bits per heavy atom.